The number of aliphatic carboxylic acids is 1. The number of carboxylic acids is 1. The van der Waals surface area contributed by atoms with Crippen molar-refractivity contribution in [1.82, 2.24) is 5.32 Å². The Hall–Kier alpha value is -3.66. The zero-order chi connectivity index (χ0) is 24.6. The second kappa shape index (κ2) is 15.2. The highest BCUT2D eigenvalue weighted by molar-refractivity contribution is 5.85. The molecule has 0 aliphatic heterocycles. The van der Waals surface area contributed by atoms with Crippen molar-refractivity contribution in [2.45, 2.75) is 41.2 Å². The maximum atomic E-state index is 10.5. The molecule has 0 radical (unpaired) electrons. The molecule has 33 heavy (non-hydrogen) atoms. The first-order valence-corrected chi connectivity index (χ1v) is 11.0. The molecular formula is C29H35NO3. The molecule has 4 heteroatoms. The van der Waals surface area contributed by atoms with E-state index in [2.05, 4.69) is 32.2 Å². The lowest BCUT2D eigenvalue weighted by molar-refractivity contribution is -0.131. The highest BCUT2D eigenvalue weighted by Crippen LogP contribution is 2.22. The van der Waals surface area contributed by atoms with Gasteiger partial charge in [0, 0.05) is 12.6 Å². The average molecular weight is 446 g/mol. The summed E-state index contributed by atoms with van der Waals surface area (Å²) in [7, 11) is 0. The van der Waals surface area contributed by atoms with Gasteiger partial charge >= 0.3 is 5.97 Å². The number of hydrogen-bond acceptors (Lipinski definition) is 2. The molecule has 3 aromatic rings. The van der Waals surface area contributed by atoms with E-state index >= 15 is 0 Å². The van der Waals surface area contributed by atoms with Crippen LogP contribution in [0.25, 0.3) is 17.2 Å². The van der Waals surface area contributed by atoms with Crippen molar-refractivity contribution in [3.63, 3.8) is 0 Å². The molecule has 0 spiro atoms. The molecule has 0 aromatic heterocycles. The summed E-state index contributed by atoms with van der Waals surface area (Å²) < 4.78 is 0. The van der Waals surface area contributed by atoms with Gasteiger partial charge < -0.3 is 10.4 Å². The molecule has 0 aliphatic carbocycles. The Labute approximate surface area is 198 Å². The summed E-state index contributed by atoms with van der Waals surface area (Å²) in [5.41, 5.74) is 6.60. The van der Waals surface area contributed by atoms with Crippen molar-refractivity contribution in [2.75, 3.05) is 0 Å². The number of nitrogens with one attached hydrogen (secondary N) is 1. The maximum Gasteiger partial charge on any atom is 0.328 e. The van der Waals surface area contributed by atoms with Crippen LogP contribution in [0.15, 0.2) is 78.9 Å². The third-order valence-corrected chi connectivity index (χ3v) is 4.14. The number of carboxylic acid groups (broad SMARTS) is 1. The van der Waals surface area contributed by atoms with Crippen LogP contribution in [0.2, 0.25) is 0 Å². The van der Waals surface area contributed by atoms with Gasteiger partial charge in [0.15, 0.2) is 0 Å². The van der Waals surface area contributed by atoms with E-state index in [0.29, 0.717) is 13.0 Å². The van der Waals surface area contributed by atoms with Gasteiger partial charge in [-0.3, -0.25) is 4.79 Å². The first-order valence-electron chi connectivity index (χ1n) is 11.0. The van der Waals surface area contributed by atoms with Gasteiger partial charge in [-0.15, -0.1) is 0 Å². The van der Waals surface area contributed by atoms with Gasteiger partial charge in [-0.25, -0.2) is 4.79 Å². The number of rotatable bonds is 6. The van der Waals surface area contributed by atoms with Gasteiger partial charge in [0.25, 0.3) is 0 Å². The quantitative estimate of drug-likeness (QED) is 0.329. The Morgan fingerprint density at radius 1 is 0.879 bits per heavy atom. The van der Waals surface area contributed by atoms with Crippen LogP contribution in [0.3, 0.4) is 0 Å². The Kier molecular flexibility index (Phi) is 12.6. The fraction of sp³-hybridized carbons (Fsp3) is 0.241. The number of carbonyl (C=O) groups is 2. The van der Waals surface area contributed by atoms with E-state index in [4.69, 9.17) is 5.11 Å². The van der Waals surface area contributed by atoms with Crippen molar-refractivity contribution >= 4 is 18.5 Å². The minimum Gasteiger partial charge on any atom is -0.478 e. The number of aryl methyl sites for hydroxylation is 2. The molecule has 0 fully saturated rings. The summed E-state index contributed by atoms with van der Waals surface area (Å²) >= 11 is 0. The smallest absolute Gasteiger partial charge is 0.328 e. The third-order valence-electron chi connectivity index (χ3n) is 4.14. The zero-order valence-corrected chi connectivity index (χ0v) is 20.2. The van der Waals surface area contributed by atoms with E-state index in [-0.39, 0.29) is 0 Å². The molecule has 0 saturated heterocycles. The predicted molar refractivity (Wildman–Crippen MR) is 138 cm³/mol. The van der Waals surface area contributed by atoms with E-state index < -0.39 is 5.97 Å². The standard InChI is InChI=1S/C16H14O2.C9H11NO.C4H10/c1-12-9-13(7-8-16(17)18)11-15(10-12)14-5-3-2-4-6-14;1-8-2-4-9(5-3-8)6-10-7-11;1-4(2)3/h2-11H,1H3,(H,17,18);2-5,7H,6H2,1H3,(H,10,11);4H,1-3H3/b8-7+;;. The van der Waals surface area contributed by atoms with Gasteiger partial charge in [-0.1, -0.05) is 93.1 Å². The fourth-order valence-corrected chi connectivity index (χ4v) is 2.74. The van der Waals surface area contributed by atoms with Gasteiger partial charge in [0.05, 0.1) is 0 Å². The molecule has 2 N–H and O–H groups in total. The van der Waals surface area contributed by atoms with Crippen LogP contribution in [-0.4, -0.2) is 17.5 Å². The van der Waals surface area contributed by atoms with E-state index in [9.17, 15) is 9.59 Å². The molecule has 0 bridgehead atoms. The molecule has 0 aliphatic rings. The van der Waals surface area contributed by atoms with Gasteiger partial charge in [-0.2, -0.15) is 0 Å². The first kappa shape index (κ1) is 27.4. The van der Waals surface area contributed by atoms with Gasteiger partial charge in [0.2, 0.25) is 6.41 Å². The number of carbonyl (C=O) groups excluding carboxylic acids is 1. The number of benzene rings is 3. The number of amides is 1. The molecule has 1 amide bonds. The minimum atomic E-state index is -0.933. The van der Waals surface area contributed by atoms with Crippen LogP contribution in [0.4, 0.5) is 0 Å². The van der Waals surface area contributed by atoms with Crippen LogP contribution in [0.1, 0.15) is 43.0 Å². The highest BCUT2D eigenvalue weighted by atomic mass is 16.4. The van der Waals surface area contributed by atoms with E-state index in [1.807, 2.05) is 80.6 Å². The van der Waals surface area contributed by atoms with Crippen LogP contribution < -0.4 is 5.32 Å². The molecule has 0 saturated carbocycles. The average Bonchev–Trinajstić information content (AvgIpc) is 2.78. The monoisotopic (exact) mass is 445 g/mol. The van der Waals surface area contributed by atoms with E-state index in [0.717, 1.165) is 39.8 Å². The van der Waals surface area contributed by atoms with Crippen LogP contribution in [-0.2, 0) is 16.1 Å². The second-order valence-electron chi connectivity index (χ2n) is 8.39. The molecule has 174 valence electrons. The summed E-state index contributed by atoms with van der Waals surface area (Å²) in [6.07, 6.45) is 3.48. The molecule has 0 heterocycles. The summed E-state index contributed by atoms with van der Waals surface area (Å²) in [4.78, 5) is 20.5. The van der Waals surface area contributed by atoms with Crippen molar-refractivity contribution in [3.8, 4) is 11.1 Å². The lowest BCUT2D eigenvalue weighted by Crippen LogP contribution is -2.09. The Balaban J connectivity index is 0.000000309. The molecule has 3 aromatic carbocycles. The zero-order valence-electron chi connectivity index (χ0n) is 20.2. The Morgan fingerprint density at radius 3 is 2.03 bits per heavy atom. The third kappa shape index (κ3) is 12.7. The second-order valence-corrected chi connectivity index (χ2v) is 8.39. The van der Waals surface area contributed by atoms with Gasteiger partial charge in [0.1, 0.15) is 0 Å². The topological polar surface area (TPSA) is 66.4 Å². The summed E-state index contributed by atoms with van der Waals surface area (Å²) in [5.74, 6) is -0.0993. The summed E-state index contributed by atoms with van der Waals surface area (Å²) in [6.45, 7) is 11.2. The Bertz CT molecular complexity index is 1000. The molecule has 0 unspecified atom stereocenters. The van der Waals surface area contributed by atoms with Crippen molar-refractivity contribution in [3.05, 3.63) is 101 Å². The van der Waals surface area contributed by atoms with Crippen LogP contribution in [0, 0.1) is 19.8 Å². The molecule has 4 nitrogen and oxygen atoms in total. The normalized spacial score (nSPS) is 10.0. The number of hydrogen-bond donors (Lipinski definition) is 2. The lowest BCUT2D eigenvalue weighted by Gasteiger charge is -2.05. The van der Waals surface area contributed by atoms with Crippen LogP contribution in [0.5, 0.6) is 0 Å². The minimum absolute atomic E-state index is 0.615. The lowest BCUT2D eigenvalue weighted by atomic mass is 10.00. The molecular weight excluding hydrogens is 410 g/mol. The van der Waals surface area contributed by atoms with Crippen molar-refractivity contribution < 1.29 is 14.7 Å². The SMILES string of the molecule is CC(C)C.Cc1cc(/C=C/C(=O)O)cc(-c2ccccc2)c1.Cc1ccc(CNC=O)cc1. The Morgan fingerprint density at radius 2 is 1.48 bits per heavy atom. The summed E-state index contributed by atoms with van der Waals surface area (Å²) in [5, 5.41) is 11.2. The first-order chi connectivity index (χ1) is 15.7. The summed E-state index contributed by atoms with van der Waals surface area (Å²) in [6, 6.07) is 24.2. The van der Waals surface area contributed by atoms with Crippen LogP contribution >= 0.6 is 0 Å². The maximum absolute atomic E-state index is 10.5. The van der Waals surface area contributed by atoms with E-state index in [1.54, 1.807) is 6.08 Å². The van der Waals surface area contributed by atoms with Crippen molar-refractivity contribution in [1.29, 1.82) is 0 Å². The van der Waals surface area contributed by atoms with Crippen molar-refractivity contribution in [2.24, 2.45) is 5.92 Å². The predicted octanol–water partition coefficient (Wildman–Crippen LogP) is 6.66. The fourth-order valence-electron chi connectivity index (χ4n) is 2.74. The van der Waals surface area contributed by atoms with E-state index in [1.165, 1.54) is 5.56 Å². The molecule has 3 rings (SSSR count). The largest absolute Gasteiger partial charge is 0.478 e. The van der Waals surface area contributed by atoms with Gasteiger partial charge in [-0.05, 0) is 59.7 Å². The molecule has 0 atom stereocenters. The highest BCUT2D eigenvalue weighted by Gasteiger charge is 2.00.